The highest BCUT2D eigenvalue weighted by Gasteiger charge is 2.22. The zero-order valence-electron chi connectivity index (χ0n) is 15.2. The number of aromatic nitrogens is 1. The molecule has 0 saturated carbocycles. The van der Waals surface area contributed by atoms with E-state index in [0.29, 0.717) is 16.9 Å². The molecule has 1 aliphatic rings. The molecule has 26 heavy (non-hydrogen) atoms. The molecule has 0 bridgehead atoms. The molecule has 0 fully saturated rings. The van der Waals surface area contributed by atoms with Crippen molar-refractivity contribution in [1.82, 2.24) is 10.1 Å². The van der Waals surface area contributed by atoms with Crippen molar-refractivity contribution < 1.29 is 14.7 Å². The standard InChI is InChI=1S/C21H22N2O3/c1-12-8-17(19(25)10-18(12)24)21-20(13(2)22-26-21)15-4-5-16-11-23(3)7-6-14(16)9-15/h4-5,8-10,24-25H,6-7,11H2,1-3H3. The second kappa shape index (κ2) is 6.18. The predicted octanol–water partition coefficient (Wildman–Crippen LogP) is 4.02. The number of likely N-dealkylation sites (N-methyl/N-ethyl adjacent to an activating group) is 1. The van der Waals surface area contributed by atoms with E-state index in [-0.39, 0.29) is 11.5 Å². The van der Waals surface area contributed by atoms with Crippen LogP contribution in [0, 0.1) is 13.8 Å². The highest BCUT2D eigenvalue weighted by Crippen LogP contribution is 2.41. The fourth-order valence-corrected chi connectivity index (χ4v) is 3.61. The van der Waals surface area contributed by atoms with Gasteiger partial charge in [0, 0.05) is 19.2 Å². The van der Waals surface area contributed by atoms with E-state index in [0.717, 1.165) is 36.3 Å². The zero-order valence-corrected chi connectivity index (χ0v) is 15.2. The lowest BCUT2D eigenvalue weighted by Gasteiger charge is -2.25. The molecule has 0 unspecified atom stereocenters. The number of aromatic hydroxyl groups is 2. The van der Waals surface area contributed by atoms with E-state index in [4.69, 9.17) is 4.52 Å². The van der Waals surface area contributed by atoms with Gasteiger partial charge in [0.05, 0.1) is 16.8 Å². The van der Waals surface area contributed by atoms with Gasteiger partial charge < -0.3 is 19.6 Å². The molecule has 5 nitrogen and oxygen atoms in total. The third-order valence-electron chi connectivity index (χ3n) is 5.12. The molecule has 4 rings (SSSR count). The van der Waals surface area contributed by atoms with Crippen LogP contribution >= 0.6 is 0 Å². The summed E-state index contributed by atoms with van der Waals surface area (Å²) in [5.41, 5.74) is 6.59. The van der Waals surface area contributed by atoms with E-state index < -0.39 is 0 Å². The maximum Gasteiger partial charge on any atom is 0.178 e. The third-order valence-corrected chi connectivity index (χ3v) is 5.12. The largest absolute Gasteiger partial charge is 0.508 e. The summed E-state index contributed by atoms with van der Waals surface area (Å²) in [6.07, 6.45) is 1.02. The zero-order chi connectivity index (χ0) is 18.4. The maximum atomic E-state index is 10.3. The molecule has 2 aromatic carbocycles. The quantitative estimate of drug-likeness (QED) is 0.730. The Labute approximate surface area is 152 Å². The molecule has 0 aliphatic carbocycles. The van der Waals surface area contributed by atoms with Crippen molar-refractivity contribution in [1.29, 1.82) is 0 Å². The van der Waals surface area contributed by atoms with Gasteiger partial charge in [0.1, 0.15) is 11.5 Å². The molecule has 1 aromatic heterocycles. The van der Waals surface area contributed by atoms with E-state index in [1.165, 1.54) is 17.2 Å². The fraction of sp³-hybridized carbons (Fsp3) is 0.286. The topological polar surface area (TPSA) is 69.7 Å². The Balaban J connectivity index is 1.85. The summed E-state index contributed by atoms with van der Waals surface area (Å²) in [4.78, 5) is 2.31. The van der Waals surface area contributed by atoms with Crippen LogP contribution in [0.15, 0.2) is 34.9 Å². The molecule has 2 N–H and O–H groups in total. The van der Waals surface area contributed by atoms with Crippen LogP contribution in [0.4, 0.5) is 0 Å². The molecule has 134 valence electrons. The second-order valence-corrected chi connectivity index (χ2v) is 7.10. The van der Waals surface area contributed by atoms with Gasteiger partial charge in [-0.05, 0) is 55.6 Å². The summed E-state index contributed by atoms with van der Waals surface area (Å²) < 4.78 is 5.57. The van der Waals surface area contributed by atoms with Gasteiger partial charge in [0.25, 0.3) is 0 Å². The van der Waals surface area contributed by atoms with Crippen LogP contribution in [0.2, 0.25) is 0 Å². The normalized spacial score (nSPS) is 14.4. The Morgan fingerprint density at radius 2 is 1.85 bits per heavy atom. The van der Waals surface area contributed by atoms with Crippen LogP contribution in [0.3, 0.4) is 0 Å². The molecule has 0 saturated heterocycles. The highest BCUT2D eigenvalue weighted by molar-refractivity contribution is 5.84. The monoisotopic (exact) mass is 350 g/mol. The average Bonchev–Trinajstić information content (AvgIpc) is 2.99. The summed E-state index contributed by atoms with van der Waals surface area (Å²) in [5.74, 6) is 0.558. The number of rotatable bonds is 2. The van der Waals surface area contributed by atoms with Gasteiger partial charge in [-0.15, -0.1) is 0 Å². The molecule has 0 atom stereocenters. The molecular formula is C21H22N2O3. The van der Waals surface area contributed by atoms with Crippen LogP contribution in [-0.4, -0.2) is 33.9 Å². The van der Waals surface area contributed by atoms with Gasteiger partial charge >= 0.3 is 0 Å². The Kier molecular flexibility index (Phi) is 3.96. The first-order valence-electron chi connectivity index (χ1n) is 8.74. The number of nitrogens with zero attached hydrogens (tertiary/aromatic N) is 2. The molecule has 3 aromatic rings. The van der Waals surface area contributed by atoms with Crippen molar-refractivity contribution in [2.45, 2.75) is 26.8 Å². The number of fused-ring (bicyclic) bond motifs is 1. The number of benzene rings is 2. The Morgan fingerprint density at radius 1 is 1.04 bits per heavy atom. The van der Waals surface area contributed by atoms with E-state index in [2.05, 4.69) is 35.3 Å². The molecule has 2 heterocycles. The minimum absolute atomic E-state index is 0.0231. The summed E-state index contributed by atoms with van der Waals surface area (Å²) in [7, 11) is 2.13. The number of hydrogen-bond acceptors (Lipinski definition) is 5. The van der Waals surface area contributed by atoms with Crippen molar-refractivity contribution in [3.8, 4) is 33.9 Å². The van der Waals surface area contributed by atoms with Crippen molar-refractivity contribution in [3.63, 3.8) is 0 Å². The van der Waals surface area contributed by atoms with Gasteiger partial charge in [0.15, 0.2) is 5.76 Å². The van der Waals surface area contributed by atoms with Crippen molar-refractivity contribution in [3.05, 3.63) is 52.7 Å². The lowest BCUT2D eigenvalue weighted by Crippen LogP contribution is -2.26. The number of phenolic OH excluding ortho intramolecular Hbond substituents is 2. The molecule has 0 radical (unpaired) electrons. The minimum atomic E-state index is -0.0231. The smallest absolute Gasteiger partial charge is 0.178 e. The Hall–Kier alpha value is -2.79. The van der Waals surface area contributed by atoms with Crippen LogP contribution in [0.25, 0.3) is 22.5 Å². The van der Waals surface area contributed by atoms with Crippen molar-refractivity contribution in [2.24, 2.45) is 0 Å². The molecule has 0 amide bonds. The minimum Gasteiger partial charge on any atom is -0.508 e. The fourth-order valence-electron chi connectivity index (χ4n) is 3.61. The molecule has 1 aliphatic heterocycles. The van der Waals surface area contributed by atoms with Crippen molar-refractivity contribution in [2.75, 3.05) is 13.6 Å². The molecule has 0 spiro atoms. The lowest BCUT2D eigenvalue weighted by atomic mass is 9.92. The van der Waals surface area contributed by atoms with Crippen LogP contribution in [-0.2, 0) is 13.0 Å². The number of hydrogen-bond donors (Lipinski definition) is 2. The average molecular weight is 350 g/mol. The Bertz CT molecular complexity index is 991. The van der Waals surface area contributed by atoms with Crippen LogP contribution in [0.5, 0.6) is 11.5 Å². The number of aryl methyl sites for hydroxylation is 2. The van der Waals surface area contributed by atoms with Crippen molar-refractivity contribution >= 4 is 0 Å². The third kappa shape index (κ3) is 2.74. The van der Waals surface area contributed by atoms with Gasteiger partial charge in [-0.25, -0.2) is 0 Å². The summed E-state index contributed by atoms with van der Waals surface area (Å²) >= 11 is 0. The van der Waals surface area contributed by atoms with E-state index in [9.17, 15) is 10.2 Å². The maximum absolute atomic E-state index is 10.3. The summed E-state index contributed by atoms with van der Waals surface area (Å²) in [6.45, 7) is 5.70. The molecular weight excluding hydrogens is 328 g/mol. The highest BCUT2D eigenvalue weighted by atomic mass is 16.5. The second-order valence-electron chi connectivity index (χ2n) is 7.10. The summed E-state index contributed by atoms with van der Waals surface area (Å²) in [5, 5.41) is 24.3. The first-order valence-corrected chi connectivity index (χ1v) is 8.74. The van der Waals surface area contributed by atoms with E-state index >= 15 is 0 Å². The van der Waals surface area contributed by atoms with Gasteiger partial charge in [0.2, 0.25) is 0 Å². The predicted molar refractivity (Wildman–Crippen MR) is 100 cm³/mol. The first-order chi connectivity index (χ1) is 12.4. The van der Waals surface area contributed by atoms with Crippen LogP contribution in [0.1, 0.15) is 22.4 Å². The number of phenols is 2. The van der Waals surface area contributed by atoms with E-state index in [1.54, 1.807) is 13.0 Å². The summed E-state index contributed by atoms with van der Waals surface area (Å²) in [6, 6.07) is 9.52. The molecule has 5 heteroatoms. The Morgan fingerprint density at radius 3 is 2.65 bits per heavy atom. The van der Waals surface area contributed by atoms with Crippen LogP contribution < -0.4 is 0 Å². The van der Waals surface area contributed by atoms with Gasteiger partial charge in [-0.1, -0.05) is 23.4 Å². The first kappa shape index (κ1) is 16.7. The lowest BCUT2D eigenvalue weighted by molar-refractivity contribution is 0.313. The van der Waals surface area contributed by atoms with E-state index in [1.807, 2.05) is 6.92 Å². The van der Waals surface area contributed by atoms with Gasteiger partial charge in [-0.3, -0.25) is 0 Å². The SMILES string of the molecule is Cc1cc(-c2onc(C)c2-c2ccc3c(c2)CCN(C)C3)c(O)cc1O. The van der Waals surface area contributed by atoms with Gasteiger partial charge in [-0.2, -0.15) is 0 Å².